The summed E-state index contributed by atoms with van der Waals surface area (Å²) in [5.41, 5.74) is 1.14. The molecule has 0 amide bonds. The monoisotopic (exact) mass is 337 g/mol. The largest absolute Gasteiger partial charge is 0.494 e. The molecular weight excluding hydrogens is 318 g/mol. The zero-order valence-corrected chi connectivity index (χ0v) is 13.4. The molecule has 1 aromatic heterocycles. The molecule has 0 saturated carbocycles. The summed E-state index contributed by atoms with van der Waals surface area (Å²) in [5.74, 6) is 1.80. The van der Waals surface area contributed by atoms with E-state index in [0.717, 1.165) is 41.3 Å². The predicted octanol–water partition coefficient (Wildman–Crippen LogP) is 4.53. The number of halogens is 1. The number of benzene rings is 1. The van der Waals surface area contributed by atoms with Crippen molar-refractivity contribution in [2.45, 2.75) is 26.3 Å². The van der Waals surface area contributed by atoms with Crippen LogP contribution < -0.4 is 10.1 Å². The summed E-state index contributed by atoms with van der Waals surface area (Å²) in [4.78, 5) is 0. The smallest absolute Gasteiger partial charge is 0.169 e. The Hall–Kier alpha value is -1.26. The van der Waals surface area contributed by atoms with Gasteiger partial charge in [-0.1, -0.05) is 26.0 Å². The van der Waals surface area contributed by atoms with Gasteiger partial charge in [0.1, 0.15) is 11.5 Å². The molecule has 2 rings (SSSR count). The predicted molar refractivity (Wildman–Crippen MR) is 84.2 cm³/mol. The molecule has 0 fully saturated rings. The third-order valence-electron chi connectivity index (χ3n) is 2.95. The Bertz CT molecular complexity index is 539. The van der Waals surface area contributed by atoms with Crippen molar-refractivity contribution in [1.82, 2.24) is 5.32 Å². The number of hydrogen-bond donors (Lipinski definition) is 1. The van der Waals surface area contributed by atoms with Crippen LogP contribution in [0.3, 0.4) is 0 Å². The Labute approximate surface area is 128 Å². The van der Waals surface area contributed by atoms with Gasteiger partial charge in [-0.25, -0.2) is 0 Å². The van der Waals surface area contributed by atoms with E-state index < -0.39 is 0 Å². The van der Waals surface area contributed by atoms with Crippen molar-refractivity contribution in [3.05, 3.63) is 52.4 Å². The molecule has 0 aliphatic carbocycles. The average Bonchev–Trinajstić information content (AvgIpc) is 2.89. The summed E-state index contributed by atoms with van der Waals surface area (Å²) in [5, 5.41) is 3.44. The summed E-state index contributed by atoms with van der Waals surface area (Å²) in [7, 11) is 0. The normalized spacial score (nSPS) is 12.3. The average molecular weight is 338 g/mol. The van der Waals surface area contributed by atoms with Crippen LogP contribution in [0.2, 0.25) is 0 Å². The lowest BCUT2D eigenvalue weighted by atomic mass is 10.0. The molecule has 0 aliphatic heterocycles. The van der Waals surface area contributed by atoms with Gasteiger partial charge in [-0.3, -0.25) is 0 Å². The molecule has 2 aromatic rings. The molecule has 3 nitrogen and oxygen atoms in total. The third kappa shape index (κ3) is 3.87. The molecular formula is C16H20BrNO2. The number of nitrogens with one attached hydrogen (secondary N) is 1. The van der Waals surface area contributed by atoms with Crippen LogP contribution in [-0.2, 0) is 0 Å². The van der Waals surface area contributed by atoms with Crippen molar-refractivity contribution in [3.63, 3.8) is 0 Å². The molecule has 1 heterocycles. The van der Waals surface area contributed by atoms with E-state index in [1.807, 2.05) is 24.3 Å². The van der Waals surface area contributed by atoms with E-state index in [9.17, 15) is 0 Å². The van der Waals surface area contributed by atoms with Crippen LogP contribution in [0.5, 0.6) is 5.75 Å². The number of ether oxygens (including phenoxy) is 1. The van der Waals surface area contributed by atoms with Gasteiger partial charge in [0.2, 0.25) is 0 Å². The lowest BCUT2D eigenvalue weighted by molar-refractivity contribution is 0.316. The van der Waals surface area contributed by atoms with Crippen LogP contribution in [0, 0.1) is 0 Å². The summed E-state index contributed by atoms with van der Waals surface area (Å²) >= 11 is 3.35. The molecule has 0 spiro atoms. The van der Waals surface area contributed by atoms with Crippen molar-refractivity contribution in [1.29, 1.82) is 0 Å². The first-order valence-corrected chi connectivity index (χ1v) is 7.75. The van der Waals surface area contributed by atoms with Gasteiger partial charge in [-0.05, 0) is 58.7 Å². The molecule has 0 bridgehead atoms. The first-order chi connectivity index (χ1) is 9.74. The molecule has 1 atom stereocenters. The molecule has 1 unspecified atom stereocenters. The number of hydrogen-bond acceptors (Lipinski definition) is 3. The summed E-state index contributed by atoms with van der Waals surface area (Å²) in [6.07, 6.45) is 1.01. The van der Waals surface area contributed by atoms with Crippen molar-refractivity contribution in [2.24, 2.45) is 0 Å². The molecule has 0 saturated heterocycles. The first-order valence-electron chi connectivity index (χ1n) is 6.96. The van der Waals surface area contributed by atoms with Gasteiger partial charge < -0.3 is 14.5 Å². The molecule has 4 heteroatoms. The quantitative estimate of drug-likeness (QED) is 0.805. The van der Waals surface area contributed by atoms with Crippen molar-refractivity contribution in [3.8, 4) is 5.75 Å². The Kier molecular flexibility index (Phi) is 5.68. The third-order valence-corrected chi connectivity index (χ3v) is 3.38. The van der Waals surface area contributed by atoms with Crippen molar-refractivity contribution < 1.29 is 9.15 Å². The van der Waals surface area contributed by atoms with Crippen LogP contribution >= 0.6 is 15.9 Å². The van der Waals surface area contributed by atoms with Crippen molar-refractivity contribution in [2.75, 3.05) is 13.2 Å². The Morgan fingerprint density at radius 1 is 1.25 bits per heavy atom. The van der Waals surface area contributed by atoms with E-state index in [0.29, 0.717) is 0 Å². The van der Waals surface area contributed by atoms with Crippen LogP contribution in [0.1, 0.15) is 37.6 Å². The van der Waals surface area contributed by atoms with Crippen LogP contribution in [0.4, 0.5) is 0 Å². The van der Waals surface area contributed by atoms with Gasteiger partial charge in [-0.2, -0.15) is 0 Å². The maximum absolute atomic E-state index is 5.70. The zero-order chi connectivity index (χ0) is 14.4. The molecule has 20 heavy (non-hydrogen) atoms. The Balaban J connectivity index is 2.24. The van der Waals surface area contributed by atoms with E-state index in [1.54, 1.807) is 0 Å². The second-order valence-corrected chi connectivity index (χ2v) is 5.34. The lowest BCUT2D eigenvalue weighted by Gasteiger charge is -2.17. The van der Waals surface area contributed by atoms with Crippen LogP contribution in [-0.4, -0.2) is 13.2 Å². The van der Waals surface area contributed by atoms with Gasteiger partial charge in [0.05, 0.1) is 12.6 Å². The minimum absolute atomic E-state index is 0.0384. The maximum Gasteiger partial charge on any atom is 0.169 e. The number of rotatable bonds is 7. The van der Waals surface area contributed by atoms with Gasteiger partial charge in [0.15, 0.2) is 4.67 Å². The fraction of sp³-hybridized carbons (Fsp3) is 0.375. The van der Waals surface area contributed by atoms with E-state index in [2.05, 4.69) is 47.2 Å². The van der Waals surface area contributed by atoms with Gasteiger partial charge >= 0.3 is 0 Å². The molecule has 0 aliphatic rings. The highest BCUT2D eigenvalue weighted by atomic mass is 79.9. The lowest BCUT2D eigenvalue weighted by Crippen LogP contribution is -2.21. The topological polar surface area (TPSA) is 34.4 Å². The fourth-order valence-corrected chi connectivity index (χ4v) is 2.39. The number of furan rings is 1. The van der Waals surface area contributed by atoms with Crippen molar-refractivity contribution >= 4 is 15.9 Å². The highest BCUT2D eigenvalue weighted by Gasteiger charge is 2.17. The van der Waals surface area contributed by atoms with Gasteiger partial charge in [0, 0.05) is 0 Å². The SMILES string of the molecule is CCCOc1cccc(C(NCC)c2ccc(Br)o2)c1. The minimum atomic E-state index is 0.0384. The second-order valence-electron chi connectivity index (χ2n) is 4.55. The molecule has 1 aromatic carbocycles. The maximum atomic E-state index is 5.70. The summed E-state index contributed by atoms with van der Waals surface area (Å²) < 4.78 is 12.1. The highest BCUT2D eigenvalue weighted by molar-refractivity contribution is 9.10. The highest BCUT2D eigenvalue weighted by Crippen LogP contribution is 2.28. The fourth-order valence-electron chi connectivity index (χ4n) is 2.07. The second kappa shape index (κ2) is 7.50. The summed E-state index contributed by atoms with van der Waals surface area (Å²) in [6.45, 7) is 5.79. The molecule has 1 N–H and O–H groups in total. The van der Waals surface area contributed by atoms with E-state index in [4.69, 9.17) is 9.15 Å². The van der Waals surface area contributed by atoms with E-state index in [1.165, 1.54) is 0 Å². The van der Waals surface area contributed by atoms with Gasteiger partial charge in [-0.15, -0.1) is 0 Å². The van der Waals surface area contributed by atoms with Gasteiger partial charge in [0.25, 0.3) is 0 Å². The Morgan fingerprint density at radius 2 is 2.10 bits per heavy atom. The van der Waals surface area contributed by atoms with E-state index in [-0.39, 0.29) is 6.04 Å². The summed E-state index contributed by atoms with van der Waals surface area (Å²) in [6, 6.07) is 12.1. The minimum Gasteiger partial charge on any atom is -0.494 e. The molecule has 108 valence electrons. The van der Waals surface area contributed by atoms with Crippen LogP contribution in [0.15, 0.2) is 45.5 Å². The van der Waals surface area contributed by atoms with E-state index >= 15 is 0 Å². The standard InChI is InChI=1S/C16H20BrNO2/c1-3-10-19-13-7-5-6-12(11-13)16(18-4-2)14-8-9-15(17)20-14/h5-9,11,16,18H,3-4,10H2,1-2H3. The van der Waals surface area contributed by atoms with Crippen LogP contribution in [0.25, 0.3) is 0 Å². The zero-order valence-electron chi connectivity index (χ0n) is 11.9. The molecule has 0 radical (unpaired) electrons. The Morgan fingerprint density at radius 3 is 2.75 bits per heavy atom. The first kappa shape index (κ1) is 15.1.